The molecule has 1 rings (SSSR count). The van der Waals surface area contributed by atoms with Crippen LogP contribution in [0.1, 0.15) is 26.2 Å². The maximum Gasteiger partial charge on any atom is 0.0753 e. The third kappa shape index (κ3) is 1.93. The van der Waals surface area contributed by atoms with Gasteiger partial charge in [0, 0.05) is 0 Å². The number of allylic oxidation sites excluding steroid dienone is 1. The molecule has 1 heteroatoms. The molecule has 0 aromatic heterocycles. The van der Waals surface area contributed by atoms with Crippen LogP contribution in [0.3, 0.4) is 0 Å². The van der Waals surface area contributed by atoms with Crippen molar-refractivity contribution in [1.29, 1.82) is 0 Å². The van der Waals surface area contributed by atoms with Crippen LogP contribution in [-0.4, -0.2) is 11.2 Å². The molecule has 0 radical (unpaired) electrons. The fraction of sp³-hybridized carbons (Fsp3) is 0.600. The van der Waals surface area contributed by atoms with Gasteiger partial charge in [-0.25, -0.2) is 0 Å². The molecular weight excluding hydrogens is 136 g/mol. The van der Waals surface area contributed by atoms with Crippen molar-refractivity contribution in [1.82, 2.24) is 0 Å². The number of aliphatic hydroxyl groups excluding tert-OH is 1. The number of rotatable bonds is 1. The Kier molecular flexibility index (Phi) is 2.50. The van der Waals surface area contributed by atoms with Gasteiger partial charge < -0.3 is 5.11 Å². The molecule has 1 aliphatic carbocycles. The molecule has 62 valence electrons. The Morgan fingerprint density at radius 2 is 2.27 bits per heavy atom. The normalized spacial score (nSPS) is 32.0. The van der Waals surface area contributed by atoms with Gasteiger partial charge in [0.2, 0.25) is 0 Å². The molecule has 0 aromatic carbocycles. The van der Waals surface area contributed by atoms with Crippen LogP contribution in [0.2, 0.25) is 0 Å². The van der Waals surface area contributed by atoms with E-state index in [0.717, 1.165) is 24.8 Å². The van der Waals surface area contributed by atoms with E-state index >= 15 is 0 Å². The van der Waals surface area contributed by atoms with E-state index in [4.69, 9.17) is 0 Å². The highest BCUT2D eigenvalue weighted by Gasteiger charge is 2.22. The van der Waals surface area contributed by atoms with Crippen molar-refractivity contribution < 1.29 is 5.11 Å². The Morgan fingerprint density at radius 3 is 2.73 bits per heavy atom. The molecule has 1 nitrogen and oxygen atoms in total. The molecule has 0 spiro atoms. The fourth-order valence-electron chi connectivity index (χ4n) is 1.53. The van der Waals surface area contributed by atoms with Gasteiger partial charge in [-0.3, -0.25) is 0 Å². The monoisotopic (exact) mass is 152 g/mol. The van der Waals surface area contributed by atoms with Gasteiger partial charge in [-0.2, -0.15) is 0 Å². The summed E-state index contributed by atoms with van der Waals surface area (Å²) in [5, 5.41) is 9.46. The van der Waals surface area contributed by atoms with Crippen molar-refractivity contribution in [2.24, 2.45) is 5.92 Å². The van der Waals surface area contributed by atoms with Crippen molar-refractivity contribution >= 4 is 0 Å². The van der Waals surface area contributed by atoms with Crippen molar-refractivity contribution in [3.63, 3.8) is 0 Å². The lowest BCUT2D eigenvalue weighted by atomic mass is 9.81. The van der Waals surface area contributed by atoms with Crippen molar-refractivity contribution in [2.75, 3.05) is 0 Å². The van der Waals surface area contributed by atoms with Gasteiger partial charge in [0.05, 0.1) is 6.10 Å². The molecule has 0 heterocycles. The summed E-state index contributed by atoms with van der Waals surface area (Å²) in [7, 11) is 0. The Labute approximate surface area is 68.4 Å². The van der Waals surface area contributed by atoms with Crippen molar-refractivity contribution in [2.45, 2.75) is 32.3 Å². The van der Waals surface area contributed by atoms with Crippen LogP contribution < -0.4 is 0 Å². The maximum atomic E-state index is 9.46. The topological polar surface area (TPSA) is 20.2 Å². The standard InChI is InChI=1S/C10H16O/c1-7(2)9-5-4-8(3)10(11)6-9/h9-11H,1,3-6H2,2H3/t9-,10?/m1/s1. The largest absolute Gasteiger partial charge is 0.389 e. The van der Waals surface area contributed by atoms with Crippen LogP contribution >= 0.6 is 0 Å². The van der Waals surface area contributed by atoms with E-state index in [1.54, 1.807) is 0 Å². The molecule has 0 aliphatic heterocycles. The third-order valence-electron chi connectivity index (χ3n) is 2.49. The average Bonchev–Trinajstić information content (AvgIpc) is 1.94. The number of aliphatic hydroxyl groups is 1. The minimum Gasteiger partial charge on any atom is -0.389 e. The van der Waals surface area contributed by atoms with Crippen LogP contribution in [-0.2, 0) is 0 Å². The summed E-state index contributed by atoms with van der Waals surface area (Å²) in [4.78, 5) is 0. The molecule has 1 N–H and O–H groups in total. The molecule has 2 atom stereocenters. The molecule has 1 aliphatic rings. The smallest absolute Gasteiger partial charge is 0.0753 e. The maximum absolute atomic E-state index is 9.46. The van der Waals surface area contributed by atoms with Crippen LogP contribution in [0.15, 0.2) is 24.3 Å². The summed E-state index contributed by atoms with van der Waals surface area (Å²) in [6.45, 7) is 9.74. The first kappa shape index (κ1) is 8.54. The second-order valence-electron chi connectivity index (χ2n) is 3.49. The van der Waals surface area contributed by atoms with Crippen molar-refractivity contribution in [3.05, 3.63) is 24.3 Å². The summed E-state index contributed by atoms with van der Waals surface area (Å²) in [6.07, 6.45) is 2.61. The van der Waals surface area contributed by atoms with Gasteiger partial charge in [0.25, 0.3) is 0 Å². The predicted octanol–water partition coefficient (Wildman–Crippen LogP) is 2.28. The van der Waals surface area contributed by atoms with Crippen LogP contribution in [0.4, 0.5) is 0 Å². The predicted molar refractivity (Wildman–Crippen MR) is 47.3 cm³/mol. The zero-order valence-corrected chi connectivity index (χ0v) is 7.14. The summed E-state index contributed by atoms with van der Waals surface area (Å²) in [6, 6.07) is 0. The van der Waals surface area contributed by atoms with Gasteiger partial charge >= 0.3 is 0 Å². The van der Waals surface area contributed by atoms with Gasteiger partial charge in [-0.05, 0) is 37.7 Å². The summed E-state index contributed by atoms with van der Waals surface area (Å²) >= 11 is 0. The molecule has 11 heavy (non-hydrogen) atoms. The quantitative estimate of drug-likeness (QED) is 0.571. The van der Waals surface area contributed by atoms with E-state index in [1.165, 1.54) is 5.57 Å². The number of hydrogen-bond acceptors (Lipinski definition) is 1. The summed E-state index contributed by atoms with van der Waals surface area (Å²) in [5.41, 5.74) is 2.18. The lowest BCUT2D eigenvalue weighted by Crippen LogP contribution is -2.22. The third-order valence-corrected chi connectivity index (χ3v) is 2.49. The van der Waals surface area contributed by atoms with Crippen LogP contribution in [0.25, 0.3) is 0 Å². The fourth-order valence-corrected chi connectivity index (χ4v) is 1.53. The van der Waals surface area contributed by atoms with Gasteiger partial charge in [0.15, 0.2) is 0 Å². The molecule has 0 amide bonds. The minimum atomic E-state index is -0.287. The summed E-state index contributed by atoms with van der Waals surface area (Å²) < 4.78 is 0. The lowest BCUT2D eigenvalue weighted by Gasteiger charge is -2.27. The van der Waals surface area contributed by atoms with E-state index in [2.05, 4.69) is 13.2 Å². The minimum absolute atomic E-state index is 0.287. The zero-order chi connectivity index (χ0) is 8.43. The van der Waals surface area contributed by atoms with Gasteiger partial charge in [0.1, 0.15) is 0 Å². The molecule has 0 saturated heterocycles. The molecule has 1 fully saturated rings. The first-order valence-electron chi connectivity index (χ1n) is 4.12. The van der Waals surface area contributed by atoms with Crippen molar-refractivity contribution in [3.8, 4) is 0 Å². The van der Waals surface area contributed by atoms with E-state index in [9.17, 15) is 5.11 Å². The van der Waals surface area contributed by atoms with E-state index in [0.29, 0.717) is 5.92 Å². The molecule has 0 bridgehead atoms. The van der Waals surface area contributed by atoms with E-state index < -0.39 is 0 Å². The zero-order valence-electron chi connectivity index (χ0n) is 7.14. The lowest BCUT2D eigenvalue weighted by molar-refractivity contribution is 0.159. The highest BCUT2D eigenvalue weighted by molar-refractivity contribution is 5.11. The number of hydrogen-bond donors (Lipinski definition) is 1. The SMILES string of the molecule is C=C1CC[C@@H](C(=C)C)CC1O. The van der Waals surface area contributed by atoms with Gasteiger partial charge in [-0.15, -0.1) is 0 Å². The highest BCUT2D eigenvalue weighted by Crippen LogP contribution is 2.31. The molecule has 1 unspecified atom stereocenters. The Bertz CT molecular complexity index is 181. The molecule has 1 saturated carbocycles. The highest BCUT2D eigenvalue weighted by atomic mass is 16.3. The molecule has 0 aromatic rings. The van der Waals surface area contributed by atoms with E-state index in [-0.39, 0.29) is 6.10 Å². The first-order valence-corrected chi connectivity index (χ1v) is 4.12. The first-order chi connectivity index (χ1) is 5.11. The van der Waals surface area contributed by atoms with Crippen LogP contribution in [0.5, 0.6) is 0 Å². The second kappa shape index (κ2) is 3.22. The Balaban J connectivity index is 2.52. The second-order valence-corrected chi connectivity index (χ2v) is 3.49. The van der Waals surface area contributed by atoms with Gasteiger partial charge in [-0.1, -0.05) is 18.7 Å². The Hall–Kier alpha value is -0.560. The molecular formula is C10H16O. The van der Waals surface area contributed by atoms with Crippen LogP contribution in [0, 0.1) is 5.92 Å². The van der Waals surface area contributed by atoms with E-state index in [1.807, 2.05) is 6.92 Å². The Morgan fingerprint density at radius 1 is 1.64 bits per heavy atom. The average molecular weight is 152 g/mol. The summed E-state index contributed by atoms with van der Waals surface area (Å²) in [5.74, 6) is 0.510.